The number of likely N-dealkylation sites (N-methyl/N-ethyl adjacent to an activating group) is 1. The van der Waals surface area contributed by atoms with Crippen molar-refractivity contribution in [1.29, 1.82) is 0 Å². The summed E-state index contributed by atoms with van der Waals surface area (Å²) in [5.41, 5.74) is 3.37. The number of benzene rings is 2. The van der Waals surface area contributed by atoms with Gasteiger partial charge in [-0.1, -0.05) is 42.5 Å². The second-order valence-corrected chi connectivity index (χ2v) is 6.73. The van der Waals surface area contributed by atoms with Crippen LogP contribution in [0.15, 0.2) is 54.6 Å². The molecule has 0 aliphatic carbocycles. The number of carbonyl (C=O) groups is 2. The Labute approximate surface area is 164 Å². The Kier molecular flexibility index (Phi) is 6.28. The Morgan fingerprint density at radius 3 is 2.00 bits per heavy atom. The third kappa shape index (κ3) is 4.32. The Bertz CT molecular complexity index is 802. The third-order valence-corrected chi connectivity index (χ3v) is 5.00. The predicted molar refractivity (Wildman–Crippen MR) is 107 cm³/mol. The van der Waals surface area contributed by atoms with Crippen LogP contribution in [-0.2, 0) is 9.59 Å². The quantitative estimate of drug-likeness (QED) is 0.698. The number of nitrogens with zero attached hydrogens (tertiary/aromatic N) is 2. The number of carbonyl (C=O) groups excluding carboxylic acids is 2. The van der Waals surface area contributed by atoms with Crippen molar-refractivity contribution >= 4 is 17.5 Å². The summed E-state index contributed by atoms with van der Waals surface area (Å²) in [5.74, 6) is -1.41. The highest BCUT2D eigenvalue weighted by molar-refractivity contribution is 5.90. The summed E-state index contributed by atoms with van der Waals surface area (Å²) in [6.45, 7) is 2.05. The van der Waals surface area contributed by atoms with Crippen LogP contribution in [-0.4, -0.2) is 72.4 Å². The fraction of sp³-hybridized carbons (Fsp3) is 0.333. The topological polar surface area (TPSA) is 93.1 Å². The summed E-state index contributed by atoms with van der Waals surface area (Å²) < 4.78 is 0. The maximum absolute atomic E-state index is 12.3. The molecule has 2 aromatic rings. The molecule has 1 saturated heterocycles. The Balaban J connectivity index is 1.58. The van der Waals surface area contributed by atoms with Crippen LogP contribution in [0.5, 0.6) is 0 Å². The van der Waals surface area contributed by atoms with E-state index in [4.69, 9.17) is 0 Å². The van der Waals surface area contributed by atoms with Crippen molar-refractivity contribution in [3.05, 3.63) is 54.6 Å². The molecule has 7 nitrogen and oxygen atoms in total. The molecule has 0 radical (unpaired) electrons. The molecule has 2 atom stereocenters. The highest BCUT2D eigenvalue weighted by Crippen LogP contribution is 2.24. The summed E-state index contributed by atoms with van der Waals surface area (Å²) in [7, 11) is 1.34. The van der Waals surface area contributed by atoms with Crippen molar-refractivity contribution < 1.29 is 19.8 Å². The molecule has 0 aromatic heterocycles. The second kappa shape index (κ2) is 8.86. The van der Waals surface area contributed by atoms with Gasteiger partial charge in [0, 0.05) is 38.9 Å². The molecule has 1 heterocycles. The summed E-state index contributed by atoms with van der Waals surface area (Å²) in [5, 5.41) is 21.9. The average Bonchev–Trinajstić information content (AvgIpc) is 2.78. The van der Waals surface area contributed by atoms with Gasteiger partial charge in [-0.25, -0.2) is 0 Å². The van der Waals surface area contributed by atoms with Gasteiger partial charge in [-0.05, 0) is 23.3 Å². The zero-order valence-electron chi connectivity index (χ0n) is 15.8. The maximum Gasteiger partial charge on any atom is 0.254 e. The van der Waals surface area contributed by atoms with E-state index in [0.717, 1.165) is 16.8 Å². The van der Waals surface area contributed by atoms with Crippen molar-refractivity contribution in [2.24, 2.45) is 0 Å². The van der Waals surface area contributed by atoms with E-state index in [2.05, 4.69) is 46.6 Å². The Morgan fingerprint density at radius 1 is 0.857 bits per heavy atom. The first-order valence-corrected chi connectivity index (χ1v) is 9.28. The molecule has 3 N–H and O–H groups in total. The maximum atomic E-state index is 12.3. The van der Waals surface area contributed by atoms with Gasteiger partial charge in [0.1, 0.15) is 0 Å². The largest absolute Gasteiger partial charge is 0.380 e. The van der Waals surface area contributed by atoms with E-state index < -0.39 is 24.0 Å². The molecular formula is C21H25N3O4. The van der Waals surface area contributed by atoms with Gasteiger partial charge in [-0.2, -0.15) is 0 Å². The molecule has 1 aliphatic rings. The van der Waals surface area contributed by atoms with Crippen LogP contribution >= 0.6 is 0 Å². The number of hydrogen-bond donors (Lipinski definition) is 3. The van der Waals surface area contributed by atoms with Gasteiger partial charge in [0.25, 0.3) is 11.8 Å². The first-order valence-electron chi connectivity index (χ1n) is 9.28. The van der Waals surface area contributed by atoms with Crippen LogP contribution < -0.4 is 10.2 Å². The number of piperazine rings is 1. The lowest BCUT2D eigenvalue weighted by Gasteiger charge is -2.37. The molecule has 2 aromatic carbocycles. The number of aliphatic hydroxyl groups is 2. The van der Waals surface area contributed by atoms with Crippen LogP contribution in [0.3, 0.4) is 0 Å². The summed E-state index contributed by atoms with van der Waals surface area (Å²) >= 11 is 0. The summed E-state index contributed by atoms with van der Waals surface area (Å²) in [6.07, 6.45) is -3.52. The summed E-state index contributed by atoms with van der Waals surface area (Å²) in [4.78, 5) is 27.4. The Hall–Kier alpha value is -2.90. The molecule has 148 valence electrons. The van der Waals surface area contributed by atoms with Crippen LogP contribution in [0.1, 0.15) is 0 Å². The lowest BCUT2D eigenvalue weighted by atomic mass is 10.1. The molecule has 0 saturated carbocycles. The molecule has 28 heavy (non-hydrogen) atoms. The first kappa shape index (κ1) is 19.9. The number of aliphatic hydroxyl groups excluding tert-OH is 2. The second-order valence-electron chi connectivity index (χ2n) is 6.73. The number of nitrogens with one attached hydrogen (secondary N) is 1. The normalized spacial score (nSPS) is 16.4. The van der Waals surface area contributed by atoms with E-state index in [9.17, 15) is 19.8 Å². The van der Waals surface area contributed by atoms with E-state index in [1.165, 1.54) is 11.9 Å². The average molecular weight is 383 g/mol. The highest BCUT2D eigenvalue weighted by Gasteiger charge is 2.34. The van der Waals surface area contributed by atoms with Crippen molar-refractivity contribution in [2.75, 3.05) is 38.1 Å². The molecule has 1 fully saturated rings. The molecule has 2 amide bonds. The van der Waals surface area contributed by atoms with Gasteiger partial charge in [-0.3, -0.25) is 9.59 Å². The number of amides is 2. The van der Waals surface area contributed by atoms with Crippen molar-refractivity contribution in [3.63, 3.8) is 0 Å². The zero-order chi connectivity index (χ0) is 20.1. The molecule has 1 aliphatic heterocycles. The molecule has 2 unspecified atom stereocenters. The lowest BCUT2D eigenvalue weighted by molar-refractivity contribution is -0.153. The van der Waals surface area contributed by atoms with Crippen LogP contribution in [0.25, 0.3) is 11.1 Å². The number of hydrogen-bond acceptors (Lipinski definition) is 5. The number of rotatable bonds is 5. The molecule has 0 bridgehead atoms. The van der Waals surface area contributed by atoms with Gasteiger partial charge in [0.05, 0.1) is 0 Å². The van der Waals surface area contributed by atoms with Gasteiger partial charge < -0.3 is 25.3 Å². The van der Waals surface area contributed by atoms with Crippen LogP contribution in [0, 0.1) is 0 Å². The van der Waals surface area contributed by atoms with Crippen molar-refractivity contribution in [1.82, 2.24) is 10.2 Å². The zero-order valence-corrected chi connectivity index (χ0v) is 15.8. The lowest BCUT2D eigenvalue weighted by Crippen LogP contribution is -2.55. The van der Waals surface area contributed by atoms with Crippen molar-refractivity contribution in [3.8, 4) is 11.1 Å². The van der Waals surface area contributed by atoms with Gasteiger partial charge in [-0.15, -0.1) is 0 Å². The molecule has 3 rings (SSSR count). The van der Waals surface area contributed by atoms with Gasteiger partial charge >= 0.3 is 0 Å². The molecule has 7 heteroatoms. The smallest absolute Gasteiger partial charge is 0.254 e. The fourth-order valence-corrected chi connectivity index (χ4v) is 3.29. The predicted octanol–water partition coefficient (Wildman–Crippen LogP) is 0.470. The minimum Gasteiger partial charge on any atom is -0.380 e. The molecular weight excluding hydrogens is 358 g/mol. The highest BCUT2D eigenvalue weighted by atomic mass is 16.3. The fourth-order valence-electron chi connectivity index (χ4n) is 3.29. The van der Waals surface area contributed by atoms with Crippen molar-refractivity contribution in [2.45, 2.75) is 12.2 Å². The van der Waals surface area contributed by atoms with Crippen LogP contribution in [0.4, 0.5) is 5.69 Å². The SMILES string of the molecule is CNC(=O)C(O)C(O)C(=O)N1CCN(c2ccc(-c3ccccc3)cc2)CC1. The summed E-state index contributed by atoms with van der Waals surface area (Å²) in [6, 6.07) is 18.4. The van der Waals surface area contributed by atoms with Gasteiger partial charge in [0.2, 0.25) is 0 Å². The minimum absolute atomic E-state index is 0.413. The minimum atomic E-state index is -1.76. The first-order chi connectivity index (χ1) is 13.5. The standard InChI is InChI=1S/C21H25N3O4/c1-22-20(27)18(25)19(26)21(28)24-13-11-23(12-14-24)17-9-7-16(8-10-17)15-5-3-2-4-6-15/h2-10,18-19,25-26H,11-14H2,1H3,(H,22,27). The third-order valence-electron chi connectivity index (χ3n) is 5.00. The van der Waals surface area contributed by atoms with Crippen LogP contribution in [0.2, 0.25) is 0 Å². The molecule has 0 spiro atoms. The Morgan fingerprint density at radius 2 is 1.43 bits per heavy atom. The van der Waals surface area contributed by atoms with Gasteiger partial charge in [0.15, 0.2) is 12.2 Å². The van der Waals surface area contributed by atoms with E-state index in [1.54, 1.807) is 0 Å². The van der Waals surface area contributed by atoms with E-state index >= 15 is 0 Å². The van der Waals surface area contributed by atoms with E-state index in [-0.39, 0.29) is 0 Å². The van der Waals surface area contributed by atoms with E-state index in [0.29, 0.717) is 26.2 Å². The van der Waals surface area contributed by atoms with E-state index in [1.807, 2.05) is 18.2 Å². The monoisotopic (exact) mass is 383 g/mol. The number of anilines is 1.